The Kier molecular flexibility index (Phi) is 5.82. The molecule has 0 heterocycles. The van der Waals surface area contributed by atoms with Crippen LogP contribution in [-0.2, 0) is 16.0 Å². The molecule has 1 amide bonds. The van der Waals surface area contributed by atoms with Gasteiger partial charge in [-0.1, -0.05) is 12.1 Å². The molecule has 0 aromatic heterocycles. The van der Waals surface area contributed by atoms with Gasteiger partial charge < -0.3 is 10.5 Å². The third-order valence-electron chi connectivity index (χ3n) is 2.48. The molecular weight excluding hydrogens is 276 g/mol. The van der Waals surface area contributed by atoms with Crippen molar-refractivity contribution in [3.05, 3.63) is 39.9 Å². The van der Waals surface area contributed by atoms with Crippen molar-refractivity contribution in [2.45, 2.75) is 19.4 Å². The van der Waals surface area contributed by atoms with Gasteiger partial charge in [-0.25, -0.2) is 4.99 Å². The first-order valence-corrected chi connectivity index (χ1v) is 6.09. The van der Waals surface area contributed by atoms with Gasteiger partial charge in [-0.3, -0.25) is 14.9 Å². The maximum atomic E-state index is 11.0. The van der Waals surface area contributed by atoms with Crippen LogP contribution in [0.4, 0.5) is 5.69 Å². The van der Waals surface area contributed by atoms with Crippen molar-refractivity contribution in [1.29, 1.82) is 5.26 Å². The number of amides is 1. The maximum absolute atomic E-state index is 11.0. The zero-order valence-electron chi connectivity index (χ0n) is 11.4. The van der Waals surface area contributed by atoms with Gasteiger partial charge in [0, 0.05) is 18.6 Å². The van der Waals surface area contributed by atoms with E-state index in [2.05, 4.69) is 4.99 Å². The van der Waals surface area contributed by atoms with Crippen molar-refractivity contribution in [2.75, 3.05) is 6.61 Å². The normalized spacial score (nSPS) is 12.3. The molecule has 2 N–H and O–H groups in total. The summed E-state index contributed by atoms with van der Waals surface area (Å²) < 4.78 is 5.26. The number of non-ortho nitro benzene ring substituents is 1. The third kappa shape index (κ3) is 4.91. The first-order valence-electron chi connectivity index (χ1n) is 6.09. The molecule has 1 rings (SSSR count). The molecule has 0 spiro atoms. The third-order valence-corrected chi connectivity index (χ3v) is 2.48. The summed E-state index contributed by atoms with van der Waals surface area (Å²) >= 11 is 0. The molecule has 1 atom stereocenters. The number of nitrogens with two attached hydrogens (primary N) is 1. The largest absolute Gasteiger partial charge is 0.481 e. The second-order valence-electron chi connectivity index (χ2n) is 3.99. The number of ether oxygens (including phenoxy) is 1. The van der Waals surface area contributed by atoms with Crippen molar-refractivity contribution in [3.63, 3.8) is 0 Å². The molecule has 1 aromatic rings. The first kappa shape index (κ1) is 16.1. The zero-order valence-corrected chi connectivity index (χ0v) is 11.4. The lowest BCUT2D eigenvalue weighted by Crippen LogP contribution is -2.27. The quantitative estimate of drug-likeness (QED) is 0.360. The summed E-state index contributed by atoms with van der Waals surface area (Å²) in [5.41, 5.74) is 5.71. The molecular formula is C13H14N4O4. The van der Waals surface area contributed by atoms with Crippen LogP contribution < -0.4 is 5.73 Å². The number of hydrogen-bond donors (Lipinski definition) is 1. The van der Waals surface area contributed by atoms with Crippen molar-refractivity contribution in [3.8, 4) is 6.07 Å². The molecule has 110 valence electrons. The van der Waals surface area contributed by atoms with E-state index >= 15 is 0 Å². The molecule has 8 heteroatoms. The Balaban J connectivity index is 2.92. The summed E-state index contributed by atoms with van der Waals surface area (Å²) in [4.78, 5) is 24.9. The number of hydrogen-bond acceptors (Lipinski definition) is 6. The molecule has 0 fully saturated rings. The lowest BCUT2D eigenvalue weighted by molar-refractivity contribution is -0.384. The molecule has 0 aliphatic heterocycles. The second kappa shape index (κ2) is 7.59. The lowest BCUT2D eigenvalue weighted by atomic mass is 10.1. The molecule has 0 saturated carbocycles. The Labute approximate surface area is 121 Å². The molecule has 1 aromatic carbocycles. The van der Waals surface area contributed by atoms with Crippen LogP contribution >= 0.6 is 0 Å². The number of carbonyl (C=O) groups excluding carboxylic acids is 1. The zero-order chi connectivity index (χ0) is 15.8. The van der Waals surface area contributed by atoms with Gasteiger partial charge in [-0.15, -0.1) is 0 Å². The number of nitro groups is 1. The van der Waals surface area contributed by atoms with E-state index in [1.54, 1.807) is 25.1 Å². The number of rotatable bonds is 6. The van der Waals surface area contributed by atoms with Crippen LogP contribution in [0.1, 0.15) is 12.5 Å². The van der Waals surface area contributed by atoms with Crippen molar-refractivity contribution < 1.29 is 14.5 Å². The Hall–Kier alpha value is -2.95. The smallest absolute Gasteiger partial charge is 0.269 e. The van der Waals surface area contributed by atoms with Gasteiger partial charge in [0.15, 0.2) is 5.90 Å². The van der Waals surface area contributed by atoms with Crippen LogP contribution in [0.25, 0.3) is 0 Å². The minimum atomic E-state index is -1.32. The summed E-state index contributed by atoms with van der Waals surface area (Å²) in [6.45, 7) is 2.04. The van der Waals surface area contributed by atoms with E-state index in [0.29, 0.717) is 12.2 Å². The predicted molar refractivity (Wildman–Crippen MR) is 74.5 cm³/mol. The van der Waals surface area contributed by atoms with E-state index in [1.165, 1.54) is 12.1 Å². The molecule has 21 heavy (non-hydrogen) atoms. The van der Waals surface area contributed by atoms with E-state index in [4.69, 9.17) is 15.7 Å². The summed E-state index contributed by atoms with van der Waals surface area (Å²) in [6, 6.07) is 6.17. The minimum Gasteiger partial charge on any atom is -0.481 e. The highest BCUT2D eigenvalue weighted by atomic mass is 16.6. The Morgan fingerprint density at radius 2 is 2.14 bits per heavy atom. The molecule has 0 radical (unpaired) electrons. The van der Waals surface area contributed by atoms with Crippen LogP contribution in [0.3, 0.4) is 0 Å². The maximum Gasteiger partial charge on any atom is 0.269 e. The van der Waals surface area contributed by atoms with Gasteiger partial charge in [-0.2, -0.15) is 5.26 Å². The van der Waals surface area contributed by atoms with Gasteiger partial charge in [0.25, 0.3) is 11.6 Å². The van der Waals surface area contributed by atoms with Gasteiger partial charge in [0.2, 0.25) is 6.04 Å². The molecule has 0 aliphatic carbocycles. The topological polar surface area (TPSA) is 132 Å². The fourth-order valence-corrected chi connectivity index (χ4v) is 1.51. The number of benzene rings is 1. The highest BCUT2D eigenvalue weighted by Gasteiger charge is 2.15. The molecule has 0 bridgehead atoms. The van der Waals surface area contributed by atoms with Crippen LogP contribution in [-0.4, -0.2) is 29.4 Å². The van der Waals surface area contributed by atoms with Gasteiger partial charge in [-0.05, 0) is 12.5 Å². The number of nitro benzene ring substituents is 1. The van der Waals surface area contributed by atoms with E-state index in [0.717, 1.165) is 0 Å². The van der Waals surface area contributed by atoms with E-state index in [1.807, 2.05) is 0 Å². The first-order chi connectivity index (χ1) is 9.97. The number of aliphatic imine (C=N–C) groups is 1. The number of carbonyl (C=O) groups is 1. The standard InChI is InChI=1S/C13H14N4O4/c1-2-21-12(16-11(8-14)13(15)18)7-9-3-5-10(6-4-9)17(19)20/h3-6,11H,2,7H2,1H3,(H2,15,18). The summed E-state index contributed by atoms with van der Waals surface area (Å²) in [5.74, 6) is -0.685. The lowest BCUT2D eigenvalue weighted by Gasteiger charge is -2.09. The van der Waals surface area contributed by atoms with Gasteiger partial charge in [0.1, 0.15) is 0 Å². The molecule has 1 unspecified atom stereocenters. The Morgan fingerprint density at radius 3 is 2.57 bits per heavy atom. The fourth-order valence-electron chi connectivity index (χ4n) is 1.51. The Bertz CT molecular complexity index is 589. The fraction of sp³-hybridized carbons (Fsp3) is 0.308. The predicted octanol–water partition coefficient (Wildman–Crippen LogP) is 0.950. The average molecular weight is 290 g/mol. The highest BCUT2D eigenvalue weighted by molar-refractivity contribution is 5.87. The molecule has 8 nitrogen and oxygen atoms in total. The highest BCUT2D eigenvalue weighted by Crippen LogP contribution is 2.13. The van der Waals surface area contributed by atoms with E-state index in [9.17, 15) is 14.9 Å². The summed E-state index contributed by atoms with van der Waals surface area (Å²) in [5, 5.41) is 19.4. The van der Waals surface area contributed by atoms with Crippen molar-refractivity contribution >= 4 is 17.5 Å². The molecule has 0 aliphatic rings. The van der Waals surface area contributed by atoms with Gasteiger partial charge >= 0.3 is 0 Å². The summed E-state index contributed by atoms with van der Waals surface area (Å²) in [7, 11) is 0. The second-order valence-corrected chi connectivity index (χ2v) is 3.99. The van der Waals surface area contributed by atoms with Gasteiger partial charge in [0.05, 0.1) is 17.6 Å². The summed E-state index contributed by atoms with van der Waals surface area (Å²) in [6.07, 6.45) is 0.206. The number of nitrogens with zero attached hydrogens (tertiary/aromatic N) is 3. The SMILES string of the molecule is CCOC(Cc1ccc([N+](=O)[O-])cc1)=NC(C#N)C(N)=O. The number of nitriles is 1. The average Bonchev–Trinajstić information content (AvgIpc) is 2.45. The van der Waals surface area contributed by atoms with Crippen molar-refractivity contribution in [2.24, 2.45) is 10.7 Å². The molecule has 0 saturated heterocycles. The van der Waals surface area contributed by atoms with E-state index < -0.39 is 16.9 Å². The Morgan fingerprint density at radius 1 is 1.52 bits per heavy atom. The number of primary amides is 1. The monoisotopic (exact) mass is 290 g/mol. The van der Waals surface area contributed by atoms with Crippen LogP contribution in [0.2, 0.25) is 0 Å². The minimum absolute atomic E-state index is 0.0271. The van der Waals surface area contributed by atoms with Crippen LogP contribution in [0.5, 0.6) is 0 Å². The van der Waals surface area contributed by atoms with Crippen molar-refractivity contribution in [1.82, 2.24) is 0 Å². The van der Waals surface area contributed by atoms with Crippen LogP contribution in [0.15, 0.2) is 29.3 Å². The van der Waals surface area contributed by atoms with E-state index in [-0.39, 0.29) is 18.0 Å². The van der Waals surface area contributed by atoms with Crippen LogP contribution in [0, 0.1) is 21.4 Å².